The van der Waals surface area contributed by atoms with Crippen LogP contribution in [0.4, 0.5) is 10.1 Å². The second kappa shape index (κ2) is 6.63. The summed E-state index contributed by atoms with van der Waals surface area (Å²) < 4.78 is 19.0. The average molecular weight is 267 g/mol. The third kappa shape index (κ3) is 3.30. The van der Waals surface area contributed by atoms with Gasteiger partial charge >= 0.3 is 0 Å². The third-order valence-electron chi connectivity index (χ3n) is 3.38. The highest BCUT2D eigenvalue weighted by Gasteiger charge is 2.22. The second-order valence-electron chi connectivity index (χ2n) is 4.57. The standard InChI is InChI=1S/C14H18FNO3/c15-13-2-1-3-14(12(13)10-18)16-6-4-11(5-7-16)19-9-8-17/h1-3,10-11,17H,4-9H2. The minimum absolute atomic E-state index is 0.0272. The van der Waals surface area contributed by atoms with Crippen LogP contribution in [0.3, 0.4) is 0 Å². The molecule has 0 bridgehead atoms. The molecule has 1 heterocycles. The molecule has 0 radical (unpaired) electrons. The third-order valence-corrected chi connectivity index (χ3v) is 3.38. The number of carbonyl (C=O) groups is 1. The number of piperidine rings is 1. The highest BCUT2D eigenvalue weighted by molar-refractivity contribution is 5.85. The predicted octanol–water partition coefficient (Wildman–Crippen LogP) is 1.62. The van der Waals surface area contributed by atoms with Gasteiger partial charge in [-0.15, -0.1) is 0 Å². The lowest BCUT2D eigenvalue weighted by atomic mass is 10.0. The minimum atomic E-state index is -0.480. The average Bonchev–Trinajstić information content (AvgIpc) is 2.45. The molecule has 1 aromatic rings. The van der Waals surface area contributed by atoms with E-state index in [1.54, 1.807) is 12.1 Å². The number of benzene rings is 1. The van der Waals surface area contributed by atoms with Crippen molar-refractivity contribution in [2.24, 2.45) is 0 Å². The molecule has 4 nitrogen and oxygen atoms in total. The van der Waals surface area contributed by atoms with Crippen molar-refractivity contribution in [3.05, 3.63) is 29.6 Å². The van der Waals surface area contributed by atoms with Crippen LogP contribution in [0.1, 0.15) is 23.2 Å². The smallest absolute Gasteiger partial charge is 0.155 e. The molecular formula is C14H18FNO3. The van der Waals surface area contributed by atoms with Crippen molar-refractivity contribution < 1.29 is 19.0 Å². The molecule has 1 N–H and O–H groups in total. The summed E-state index contributed by atoms with van der Waals surface area (Å²) in [5, 5.41) is 8.71. The van der Waals surface area contributed by atoms with E-state index in [1.165, 1.54) is 6.07 Å². The summed E-state index contributed by atoms with van der Waals surface area (Å²) in [4.78, 5) is 13.0. The van der Waals surface area contributed by atoms with E-state index in [-0.39, 0.29) is 18.3 Å². The number of carbonyl (C=O) groups excluding carboxylic acids is 1. The fourth-order valence-corrected chi connectivity index (χ4v) is 2.40. The van der Waals surface area contributed by atoms with Gasteiger partial charge in [-0.2, -0.15) is 0 Å². The van der Waals surface area contributed by atoms with E-state index in [4.69, 9.17) is 9.84 Å². The van der Waals surface area contributed by atoms with E-state index in [0.717, 1.165) is 25.9 Å². The van der Waals surface area contributed by atoms with Crippen LogP contribution in [0.2, 0.25) is 0 Å². The molecule has 0 unspecified atom stereocenters. The van der Waals surface area contributed by atoms with Crippen LogP contribution in [0.25, 0.3) is 0 Å². The summed E-state index contributed by atoms with van der Waals surface area (Å²) in [6.07, 6.45) is 2.33. The van der Waals surface area contributed by atoms with Crippen molar-refractivity contribution in [2.75, 3.05) is 31.2 Å². The lowest BCUT2D eigenvalue weighted by Gasteiger charge is -2.34. The highest BCUT2D eigenvalue weighted by Crippen LogP contribution is 2.25. The zero-order valence-corrected chi connectivity index (χ0v) is 10.7. The molecule has 0 spiro atoms. The van der Waals surface area contributed by atoms with E-state index in [2.05, 4.69) is 0 Å². The van der Waals surface area contributed by atoms with E-state index < -0.39 is 5.82 Å². The Balaban J connectivity index is 2.01. The van der Waals surface area contributed by atoms with Gasteiger partial charge in [0.25, 0.3) is 0 Å². The number of aliphatic hydroxyl groups excluding tert-OH is 1. The maximum atomic E-state index is 13.5. The molecule has 1 aromatic carbocycles. The van der Waals surface area contributed by atoms with Crippen molar-refractivity contribution in [1.82, 2.24) is 0 Å². The molecule has 104 valence electrons. The van der Waals surface area contributed by atoms with Gasteiger partial charge in [-0.25, -0.2) is 4.39 Å². The van der Waals surface area contributed by atoms with Gasteiger partial charge in [0.05, 0.1) is 30.6 Å². The maximum Gasteiger partial charge on any atom is 0.155 e. The van der Waals surface area contributed by atoms with Gasteiger partial charge in [-0.05, 0) is 25.0 Å². The molecular weight excluding hydrogens is 249 g/mol. The Morgan fingerprint density at radius 1 is 1.42 bits per heavy atom. The first kappa shape index (κ1) is 14.0. The van der Waals surface area contributed by atoms with Crippen LogP contribution >= 0.6 is 0 Å². The van der Waals surface area contributed by atoms with Crippen LogP contribution in [-0.4, -0.2) is 43.8 Å². The van der Waals surface area contributed by atoms with Gasteiger partial charge < -0.3 is 14.7 Å². The topological polar surface area (TPSA) is 49.8 Å². The number of hydrogen-bond donors (Lipinski definition) is 1. The van der Waals surface area contributed by atoms with E-state index in [0.29, 0.717) is 18.6 Å². The molecule has 2 rings (SSSR count). The number of nitrogens with zero attached hydrogens (tertiary/aromatic N) is 1. The zero-order valence-electron chi connectivity index (χ0n) is 10.7. The Morgan fingerprint density at radius 3 is 2.79 bits per heavy atom. The molecule has 1 aliphatic rings. The minimum Gasteiger partial charge on any atom is -0.394 e. The predicted molar refractivity (Wildman–Crippen MR) is 70.1 cm³/mol. The maximum absolute atomic E-state index is 13.5. The molecule has 0 aromatic heterocycles. The van der Waals surface area contributed by atoms with Gasteiger partial charge in [0.1, 0.15) is 5.82 Å². The fourth-order valence-electron chi connectivity index (χ4n) is 2.40. The number of hydrogen-bond acceptors (Lipinski definition) is 4. The number of aliphatic hydroxyl groups is 1. The Hall–Kier alpha value is -1.46. The summed E-state index contributed by atoms with van der Waals surface area (Å²) in [7, 11) is 0. The Kier molecular flexibility index (Phi) is 4.87. The van der Waals surface area contributed by atoms with E-state index >= 15 is 0 Å². The molecule has 19 heavy (non-hydrogen) atoms. The van der Waals surface area contributed by atoms with E-state index in [1.807, 2.05) is 4.90 Å². The first-order valence-electron chi connectivity index (χ1n) is 6.47. The lowest BCUT2D eigenvalue weighted by Crippen LogP contribution is -2.38. The van der Waals surface area contributed by atoms with Crippen LogP contribution in [-0.2, 0) is 4.74 Å². The van der Waals surface area contributed by atoms with Crippen molar-refractivity contribution in [3.63, 3.8) is 0 Å². The van der Waals surface area contributed by atoms with Gasteiger partial charge in [0.15, 0.2) is 6.29 Å². The van der Waals surface area contributed by atoms with Crippen molar-refractivity contribution >= 4 is 12.0 Å². The number of ether oxygens (including phenoxy) is 1. The second-order valence-corrected chi connectivity index (χ2v) is 4.57. The quantitative estimate of drug-likeness (QED) is 0.824. The Labute approximate surface area is 111 Å². The molecule has 0 amide bonds. The zero-order chi connectivity index (χ0) is 13.7. The van der Waals surface area contributed by atoms with Crippen LogP contribution in [0.15, 0.2) is 18.2 Å². The molecule has 0 aliphatic carbocycles. The number of rotatable bonds is 5. The first-order chi connectivity index (χ1) is 9.26. The molecule has 1 fully saturated rings. The van der Waals surface area contributed by atoms with Gasteiger partial charge in [-0.1, -0.05) is 6.07 Å². The summed E-state index contributed by atoms with van der Waals surface area (Å²) in [5.74, 6) is -0.480. The van der Waals surface area contributed by atoms with Crippen LogP contribution in [0.5, 0.6) is 0 Å². The number of halogens is 1. The molecule has 1 aliphatic heterocycles. The van der Waals surface area contributed by atoms with Gasteiger partial charge in [-0.3, -0.25) is 4.79 Å². The van der Waals surface area contributed by atoms with Gasteiger partial charge in [0, 0.05) is 13.1 Å². The summed E-state index contributed by atoms with van der Waals surface area (Å²) >= 11 is 0. The normalized spacial score (nSPS) is 16.6. The van der Waals surface area contributed by atoms with Crippen molar-refractivity contribution in [2.45, 2.75) is 18.9 Å². The summed E-state index contributed by atoms with van der Waals surface area (Å²) in [5.41, 5.74) is 0.771. The molecule has 0 atom stereocenters. The monoisotopic (exact) mass is 267 g/mol. The molecule has 5 heteroatoms. The fraction of sp³-hybridized carbons (Fsp3) is 0.500. The lowest BCUT2D eigenvalue weighted by molar-refractivity contribution is 0.0159. The van der Waals surface area contributed by atoms with Crippen LogP contribution in [0, 0.1) is 5.82 Å². The SMILES string of the molecule is O=Cc1c(F)cccc1N1CCC(OCCO)CC1. The molecule has 0 saturated carbocycles. The summed E-state index contributed by atoms with van der Waals surface area (Å²) in [6.45, 7) is 1.82. The number of anilines is 1. The number of aldehydes is 1. The summed E-state index contributed by atoms with van der Waals surface area (Å²) in [6, 6.07) is 4.68. The molecule has 1 saturated heterocycles. The van der Waals surface area contributed by atoms with Gasteiger partial charge in [0.2, 0.25) is 0 Å². The first-order valence-corrected chi connectivity index (χ1v) is 6.47. The Bertz CT molecular complexity index is 431. The van der Waals surface area contributed by atoms with Crippen molar-refractivity contribution in [3.8, 4) is 0 Å². The highest BCUT2D eigenvalue weighted by atomic mass is 19.1. The Morgan fingerprint density at radius 2 is 2.16 bits per heavy atom. The largest absolute Gasteiger partial charge is 0.394 e. The van der Waals surface area contributed by atoms with Crippen LogP contribution < -0.4 is 4.90 Å². The van der Waals surface area contributed by atoms with Crippen molar-refractivity contribution in [1.29, 1.82) is 0 Å². The van der Waals surface area contributed by atoms with E-state index in [9.17, 15) is 9.18 Å².